The Morgan fingerprint density at radius 2 is 1.79 bits per heavy atom. The Labute approximate surface area is 174 Å². The van der Waals surface area contributed by atoms with Gasteiger partial charge in [0.05, 0.1) is 12.6 Å². The number of rotatable bonds is 6. The first kappa shape index (κ1) is 23.4. The number of benzene rings is 1. The van der Waals surface area contributed by atoms with Crippen LogP contribution in [0.2, 0.25) is 18.1 Å². The van der Waals surface area contributed by atoms with Crippen molar-refractivity contribution in [2.45, 2.75) is 77.2 Å². The molecule has 29 heavy (non-hydrogen) atoms. The van der Waals surface area contributed by atoms with E-state index < -0.39 is 38.3 Å². The molecule has 0 bridgehead atoms. The minimum absolute atomic E-state index is 0.0423. The molecule has 1 aliphatic rings. The Morgan fingerprint density at radius 1 is 1.21 bits per heavy atom. The van der Waals surface area contributed by atoms with Gasteiger partial charge in [-0.2, -0.15) is 0 Å². The smallest absolute Gasteiger partial charge is 0.412 e. The molecule has 0 saturated carbocycles. The molecule has 8 heteroatoms. The fourth-order valence-corrected chi connectivity index (χ4v) is 4.03. The molecule has 1 aromatic rings. The summed E-state index contributed by atoms with van der Waals surface area (Å²) in [4.78, 5) is 26.1. The van der Waals surface area contributed by atoms with E-state index in [2.05, 4.69) is 33.9 Å². The number of aliphatic carboxylic acids is 1. The molecule has 1 fully saturated rings. The number of carboxylic acids is 1. The third-order valence-corrected chi connectivity index (χ3v) is 10.2. The van der Waals surface area contributed by atoms with E-state index in [4.69, 9.17) is 13.9 Å². The zero-order valence-electron chi connectivity index (χ0n) is 18.4. The van der Waals surface area contributed by atoms with Gasteiger partial charge in [0.25, 0.3) is 0 Å². The summed E-state index contributed by atoms with van der Waals surface area (Å²) in [5, 5.41) is 9.62. The molecule has 0 aromatic heterocycles. The van der Waals surface area contributed by atoms with Crippen molar-refractivity contribution in [1.29, 1.82) is 0 Å². The Morgan fingerprint density at radius 3 is 2.31 bits per heavy atom. The van der Waals surface area contributed by atoms with Crippen LogP contribution in [0.1, 0.15) is 40.2 Å². The molecule has 1 amide bonds. The standard InChI is InChI=1S/C21H33NO6Si/c1-20(2,3)29(6,7)27-14-16-17(18(23)24)28-21(4,5)22(16)19(25)26-13-15-11-9-8-10-12-15/h8-12,16-17H,13-14H2,1-7H3,(H,23,24)/t16-,17+/m0/s1. The lowest BCUT2D eigenvalue weighted by molar-refractivity contribution is -0.155. The summed E-state index contributed by atoms with van der Waals surface area (Å²) >= 11 is 0. The molecule has 1 aromatic carbocycles. The van der Waals surface area contributed by atoms with Crippen LogP contribution in [0.3, 0.4) is 0 Å². The lowest BCUT2D eigenvalue weighted by Crippen LogP contribution is -2.53. The van der Waals surface area contributed by atoms with Crippen LogP contribution in [0.25, 0.3) is 0 Å². The second kappa shape index (κ2) is 8.45. The van der Waals surface area contributed by atoms with Gasteiger partial charge in [-0.15, -0.1) is 0 Å². The fraction of sp³-hybridized carbons (Fsp3) is 0.619. The molecule has 7 nitrogen and oxygen atoms in total. The largest absolute Gasteiger partial charge is 0.479 e. The highest BCUT2D eigenvalue weighted by molar-refractivity contribution is 6.74. The summed E-state index contributed by atoms with van der Waals surface area (Å²) in [6.07, 6.45) is -1.80. The van der Waals surface area contributed by atoms with E-state index in [0.29, 0.717) is 0 Å². The van der Waals surface area contributed by atoms with Gasteiger partial charge >= 0.3 is 12.1 Å². The number of ether oxygens (including phenoxy) is 2. The molecule has 2 rings (SSSR count). The Hall–Kier alpha value is -1.90. The average molecular weight is 424 g/mol. The molecule has 0 unspecified atom stereocenters. The van der Waals surface area contributed by atoms with Crippen molar-refractivity contribution >= 4 is 20.4 Å². The van der Waals surface area contributed by atoms with Crippen molar-refractivity contribution < 1.29 is 28.6 Å². The summed E-state index contributed by atoms with van der Waals surface area (Å²) in [5.41, 5.74) is -0.277. The van der Waals surface area contributed by atoms with E-state index in [-0.39, 0.29) is 18.3 Å². The molecule has 1 aliphatic heterocycles. The summed E-state index contributed by atoms with van der Waals surface area (Å²) < 4.78 is 17.4. The van der Waals surface area contributed by atoms with Gasteiger partial charge in [-0.05, 0) is 37.5 Å². The van der Waals surface area contributed by atoms with Gasteiger partial charge < -0.3 is 19.0 Å². The molecule has 2 atom stereocenters. The van der Waals surface area contributed by atoms with Crippen molar-refractivity contribution in [3.05, 3.63) is 35.9 Å². The number of carboxylic acid groups (broad SMARTS) is 1. The van der Waals surface area contributed by atoms with Crippen molar-refractivity contribution in [1.82, 2.24) is 4.90 Å². The molecular weight excluding hydrogens is 390 g/mol. The second-order valence-corrected chi connectivity index (χ2v) is 14.2. The highest BCUT2D eigenvalue weighted by atomic mass is 28.4. The number of nitrogens with zero attached hydrogens (tertiary/aromatic N) is 1. The van der Waals surface area contributed by atoms with E-state index >= 15 is 0 Å². The van der Waals surface area contributed by atoms with Crippen molar-refractivity contribution in [3.63, 3.8) is 0 Å². The van der Waals surface area contributed by atoms with E-state index in [1.165, 1.54) is 4.90 Å². The lowest BCUT2D eigenvalue weighted by atomic mass is 10.1. The SMILES string of the molecule is CC1(C)O[C@@H](C(=O)O)[C@H](CO[Si](C)(C)C(C)(C)C)N1C(=O)OCc1ccccc1. The van der Waals surface area contributed by atoms with Gasteiger partial charge in [-0.25, -0.2) is 9.59 Å². The van der Waals surface area contributed by atoms with Crippen molar-refractivity contribution in [3.8, 4) is 0 Å². The number of carbonyl (C=O) groups excluding carboxylic acids is 1. The first-order valence-corrected chi connectivity index (χ1v) is 12.7. The summed E-state index contributed by atoms with van der Waals surface area (Å²) in [6, 6.07) is 8.55. The van der Waals surface area contributed by atoms with Gasteiger partial charge in [-0.3, -0.25) is 4.90 Å². The summed E-state index contributed by atoms with van der Waals surface area (Å²) in [5.74, 6) is -1.12. The maximum absolute atomic E-state index is 12.9. The van der Waals surface area contributed by atoms with Crippen LogP contribution in [0.4, 0.5) is 4.79 Å². The predicted molar refractivity (Wildman–Crippen MR) is 112 cm³/mol. The maximum Gasteiger partial charge on any atom is 0.412 e. The van der Waals surface area contributed by atoms with E-state index in [9.17, 15) is 14.7 Å². The third kappa shape index (κ3) is 5.37. The average Bonchev–Trinajstić information content (AvgIpc) is 2.89. The van der Waals surface area contributed by atoms with Gasteiger partial charge in [0.2, 0.25) is 0 Å². The second-order valence-electron chi connectivity index (χ2n) is 9.37. The number of carbonyl (C=O) groups is 2. The Kier molecular flexibility index (Phi) is 6.81. The quantitative estimate of drug-likeness (QED) is 0.689. The zero-order valence-corrected chi connectivity index (χ0v) is 19.4. The predicted octanol–water partition coefficient (Wildman–Crippen LogP) is 4.24. The Bertz CT molecular complexity index is 728. The van der Waals surface area contributed by atoms with Crippen LogP contribution in [-0.2, 0) is 25.3 Å². The highest BCUT2D eigenvalue weighted by Gasteiger charge is 2.54. The minimum atomic E-state index is -2.15. The van der Waals surface area contributed by atoms with Gasteiger partial charge in [0, 0.05) is 0 Å². The molecular formula is C21H33NO6Si. The first-order chi connectivity index (χ1) is 13.3. The highest BCUT2D eigenvalue weighted by Crippen LogP contribution is 2.39. The molecule has 0 aliphatic carbocycles. The van der Waals surface area contributed by atoms with Crippen LogP contribution in [-0.4, -0.2) is 54.9 Å². The van der Waals surface area contributed by atoms with Gasteiger partial charge in [0.1, 0.15) is 12.3 Å². The number of hydrogen-bond donors (Lipinski definition) is 1. The maximum atomic E-state index is 12.9. The van der Waals surface area contributed by atoms with Gasteiger partial charge in [0.15, 0.2) is 14.4 Å². The molecule has 162 valence electrons. The van der Waals surface area contributed by atoms with Crippen LogP contribution >= 0.6 is 0 Å². The van der Waals surface area contributed by atoms with Crippen LogP contribution in [0.15, 0.2) is 30.3 Å². The minimum Gasteiger partial charge on any atom is -0.479 e. The van der Waals surface area contributed by atoms with E-state index in [0.717, 1.165) is 5.56 Å². The third-order valence-electron chi connectivity index (χ3n) is 5.74. The number of hydrogen-bond acceptors (Lipinski definition) is 5. The normalized spacial score (nSPS) is 21.8. The summed E-state index contributed by atoms with van der Waals surface area (Å²) in [6.45, 7) is 14.0. The Balaban J connectivity index is 2.20. The van der Waals surface area contributed by atoms with Gasteiger partial charge in [-0.1, -0.05) is 51.1 Å². The van der Waals surface area contributed by atoms with Crippen LogP contribution in [0.5, 0.6) is 0 Å². The number of amides is 1. The van der Waals surface area contributed by atoms with Crippen molar-refractivity contribution in [2.24, 2.45) is 0 Å². The van der Waals surface area contributed by atoms with Crippen molar-refractivity contribution in [2.75, 3.05) is 6.61 Å². The molecule has 0 radical (unpaired) electrons. The van der Waals surface area contributed by atoms with E-state index in [1.54, 1.807) is 13.8 Å². The molecule has 1 N–H and O–H groups in total. The molecule has 1 saturated heterocycles. The first-order valence-electron chi connectivity index (χ1n) is 9.81. The summed E-state index contributed by atoms with van der Waals surface area (Å²) in [7, 11) is -2.15. The van der Waals surface area contributed by atoms with Crippen LogP contribution < -0.4 is 0 Å². The van der Waals surface area contributed by atoms with Crippen LogP contribution in [0, 0.1) is 0 Å². The monoisotopic (exact) mass is 423 g/mol. The topological polar surface area (TPSA) is 85.3 Å². The lowest BCUT2D eigenvalue weighted by Gasteiger charge is -2.38. The zero-order chi connectivity index (χ0) is 22.0. The molecule has 1 heterocycles. The molecule has 0 spiro atoms. The van der Waals surface area contributed by atoms with E-state index in [1.807, 2.05) is 30.3 Å². The fourth-order valence-electron chi connectivity index (χ4n) is 3.01.